The van der Waals surface area contributed by atoms with Crippen LogP contribution in [0, 0.1) is 0 Å². The first kappa shape index (κ1) is 9.52. The predicted molar refractivity (Wildman–Crippen MR) is 45.3 cm³/mol. The summed E-state index contributed by atoms with van der Waals surface area (Å²) in [6.45, 7) is 2.26. The fourth-order valence-corrected chi connectivity index (χ4v) is 1.36. The van der Waals surface area contributed by atoms with Gasteiger partial charge in [0.25, 0.3) is 0 Å². The average Bonchev–Trinajstić information content (AvgIpc) is 1.89. The molecule has 0 aliphatic rings. The maximum absolute atomic E-state index is 2.65. The second kappa shape index (κ2) is 8.52. The zero-order chi connectivity index (χ0) is 6.95. The van der Waals surface area contributed by atoms with E-state index < -0.39 is 0 Å². The van der Waals surface area contributed by atoms with Gasteiger partial charge >= 0.3 is 66.8 Å². The Morgan fingerprint density at radius 1 is 0.889 bits per heavy atom. The van der Waals surface area contributed by atoms with Crippen molar-refractivity contribution in [3.8, 4) is 0 Å². The van der Waals surface area contributed by atoms with Gasteiger partial charge in [-0.05, 0) is 0 Å². The van der Waals surface area contributed by atoms with Gasteiger partial charge in [0.05, 0.1) is 0 Å². The van der Waals surface area contributed by atoms with Gasteiger partial charge in [-0.15, -0.1) is 0 Å². The molecule has 0 bridgehead atoms. The Kier molecular flexibility index (Phi) is 9.01. The number of rotatable bonds is 6. The van der Waals surface area contributed by atoms with Gasteiger partial charge in [0.15, 0.2) is 0 Å². The Morgan fingerprint density at radius 3 is 2.00 bits per heavy atom. The van der Waals surface area contributed by atoms with Crippen molar-refractivity contribution in [1.82, 2.24) is 0 Å². The molecule has 0 aromatic heterocycles. The van der Waals surface area contributed by atoms with Gasteiger partial charge < -0.3 is 0 Å². The zero-order valence-corrected chi connectivity index (χ0v) is 8.27. The predicted octanol–water partition coefficient (Wildman–Crippen LogP) is 2.67. The van der Waals surface area contributed by atoms with Crippen LogP contribution in [0.1, 0.15) is 45.4 Å². The molecule has 0 atom stereocenters. The van der Waals surface area contributed by atoms with Crippen molar-refractivity contribution >= 4 is 16.0 Å². The summed E-state index contributed by atoms with van der Waals surface area (Å²) in [5.41, 5.74) is 0. The molecule has 0 heterocycles. The van der Waals surface area contributed by atoms with Gasteiger partial charge in [-0.2, -0.15) is 0 Å². The summed E-state index contributed by atoms with van der Waals surface area (Å²) in [6.07, 6.45) is 8.54. The minimum absolute atomic E-state index is 1.30. The van der Waals surface area contributed by atoms with Crippen LogP contribution in [0.2, 0.25) is 5.32 Å². The summed E-state index contributed by atoms with van der Waals surface area (Å²) in [5, 5.41) is 1.30. The third-order valence-electron chi connectivity index (χ3n) is 1.51. The molecular formula is C8H18Se. The molecule has 0 nitrogen and oxygen atoms in total. The van der Waals surface area contributed by atoms with E-state index in [2.05, 4.69) is 22.9 Å². The number of hydrogen-bond donors (Lipinski definition) is 0. The van der Waals surface area contributed by atoms with E-state index in [4.69, 9.17) is 0 Å². The number of hydrogen-bond acceptors (Lipinski definition) is 0. The van der Waals surface area contributed by atoms with E-state index in [-0.39, 0.29) is 0 Å². The van der Waals surface area contributed by atoms with E-state index in [0.29, 0.717) is 0 Å². The second-order valence-corrected chi connectivity index (χ2v) is 3.43. The van der Waals surface area contributed by atoms with E-state index in [9.17, 15) is 0 Å². The third-order valence-corrected chi connectivity index (χ3v) is 2.18. The van der Waals surface area contributed by atoms with Crippen molar-refractivity contribution in [3.63, 3.8) is 0 Å². The van der Waals surface area contributed by atoms with E-state index in [1.54, 1.807) is 0 Å². The van der Waals surface area contributed by atoms with Crippen molar-refractivity contribution in [1.29, 1.82) is 0 Å². The van der Waals surface area contributed by atoms with Crippen LogP contribution in [0.15, 0.2) is 0 Å². The monoisotopic (exact) mass is 194 g/mol. The first-order valence-electron chi connectivity index (χ1n) is 4.02. The maximum atomic E-state index is 2.65. The average molecular weight is 193 g/mol. The van der Waals surface area contributed by atoms with Crippen LogP contribution in [0.4, 0.5) is 0 Å². The Labute approximate surface area is 67.2 Å². The van der Waals surface area contributed by atoms with Crippen LogP contribution in [-0.4, -0.2) is 16.0 Å². The van der Waals surface area contributed by atoms with E-state index in [1.807, 2.05) is 0 Å². The topological polar surface area (TPSA) is 0 Å². The summed E-state index contributed by atoms with van der Waals surface area (Å²) in [7, 11) is 0. The van der Waals surface area contributed by atoms with E-state index in [0.717, 1.165) is 0 Å². The van der Waals surface area contributed by atoms with Crippen LogP contribution < -0.4 is 0 Å². The molecule has 56 valence electrons. The summed E-state index contributed by atoms with van der Waals surface area (Å²) in [5.74, 6) is 0. The van der Waals surface area contributed by atoms with Gasteiger partial charge in [-0.1, -0.05) is 0 Å². The zero-order valence-electron chi connectivity index (χ0n) is 6.40. The molecule has 0 saturated heterocycles. The standard InChI is InChI=1S/C8H18Se/c1-2-3-4-5-6-7-8-9/h9H,2-8H2,1H3. The summed E-state index contributed by atoms with van der Waals surface area (Å²) in [4.78, 5) is 0. The normalized spacial score (nSPS) is 10.0. The molecule has 0 amide bonds. The molecule has 0 spiro atoms. The van der Waals surface area contributed by atoms with Gasteiger partial charge in [-0.25, -0.2) is 0 Å². The van der Waals surface area contributed by atoms with Gasteiger partial charge in [-0.3, -0.25) is 0 Å². The quantitative estimate of drug-likeness (QED) is 0.449. The molecule has 0 aromatic rings. The molecule has 0 rings (SSSR count). The van der Waals surface area contributed by atoms with E-state index in [1.165, 1.54) is 43.8 Å². The third kappa shape index (κ3) is 8.52. The Hall–Kier alpha value is 0.519. The Balaban J connectivity index is 2.60. The summed E-state index contributed by atoms with van der Waals surface area (Å²) >= 11 is 2.65. The molecular weight excluding hydrogens is 175 g/mol. The fourth-order valence-electron chi connectivity index (χ4n) is 0.892. The molecule has 0 fully saturated rings. The molecule has 1 heteroatoms. The molecule has 0 radical (unpaired) electrons. The molecule has 0 saturated carbocycles. The van der Waals surface area contributed by atoms with Crippen molar-refractivity contribution in [3.05, 3.63) is 0 Å². The van der Waals surface area contributed by atoms with Crippen molar-refractivity contribution in [2.24, 2.45) is 0 Å². The SMILES string of the molecule is CCCCCCCC[SeH]. The van der Waals surface area contributed by atoms with Crippen molar-refractivity contribution < 1.29 is 0 Å². The number of unbranched alkanes of at least 4 members (excludes halogenated alkanes) is 5. The molecule has 9 heavy (non-hydrogen) atoms. The van der Waals surface area contributed by atoms with Crippen LogP contribution in [0.5, 0.6) is 0 Å². The summed E-state index contributed by atoms with van der Waals surface area (Å²) in [6, 6.07) is 0. The summed E-state index contributed by atoms with van der Waals surface area (Å²) < 4.78 is 0. The Morgan fingerprint density at radius 2 is 1.44 bits per heavy atom. The Bertz CT molecular complexity index is 37.8. The minimum atomic E-state index is 1.30. The molecule has 0 aromatic carbocycles. The van der Waals surface area contributed by atoms with Gasteiger partial charge in [0.1, 0.15) is 0 Å². The van der Waals surface area contributed by atoms with Crippen LogP contribution in [0.3, 0.4) is 0 Å². The molecule has 0 N–H and O–H groups in total. The van der Waals surface area contributed by atoms with Crippen molar-refractivity contribution in [2.45, 2.75) is 50.8 Å². The first-order chi connectivity index (χ1) is 4.41. The fraction of sp³-hybridized carbons (Fsp3) is 1.00. The van der Waals surface area contributed by atoms with Crippen molar-refractivity contribution in [2.75, 3.05) is 0 Å². The van der Waals surface area contributed by atoms with Crippen LogP contribution in [-0.2, 0) is 0 Å². The van der Waals surface area contributed by atoms with Gasteiger partial charge in [0.2, 0.25) is 0 Å². The molecule has 0 aliphatic heterocycles. The van der Waals surface area contributed by atoms with E-state index >= 15 is 0 Å². The second-order valence-electron chi connectivity index (χ2n) is 2.49. The van der Waals surface area contributed by atoms with Crippen LogP contribution in [0.25, 0.3) is 0 Å². The molecule has 0 aliphatic carbocycles. The first-order valence-corrected chi connectivity index (χ1v) is 5.35. The van der Waals surface area contributed by atoms with Gasteiger partial charge in [0, 0.05) is 0 Å². The van der Waals surface area contributed by atoms with Crippen LogP contribution >= 0.6 is 0 Å². The molecule has 0 unspecified atom stereocenters.